The summed E-state index contributed by atoms with van der Waals surface area (Å²) in [7, 11) is 1.93. The summed E-state index contributed by atoms with van der Waals surface area (Å²) in [6.07, 6.45) is 0. The molecule has 1 aromatic rings. The lowest BCUT2D eigenvalue weighted by Crippen LogP contribution is -2.47. The van der Waals surface area contributed by atoms with Crippen LogP contribution in [0.1, 0.15) is 26.3 Å². The molecule has 3 nitrogen and oxygen atoms in total. The third kappa shape index (κ3) is 6.66. The fourth-order valence-electron chi connectivity index (χ4n) is 2.06. The van der Waals surface area contributed by atoms with E-state index in [4.69, 9.17) is 0 Å². The average Bonchev–Trinajstić information content (AvgIpc) is 2.25. The van der Waals surface area contributed by atoms with Gasteiger partial charge in [0, 0.05) is 25.7 Å². The summed E-state index contributed by atoms with van der Waals surface area (Å²) in [6, 6.07) is 6.90. The number of nitrogens with zero attached hydrogens (tertiary/aromatic N) is 1. The van der Waals surface area contributed by atoms with E-state index in [2.05, 4.69) is 5.32 Å². The van der Waals surface area contributed by atoms with Gasteiger partial charge in [0.2, 0.25) is 0 Å². The van der Waals surface area contributed by atoms with Crippen LogP contribution in [0.15, 0.2) is 24.3 Å². The van der Waals surface area contributed by atoms with Crippen molar-refractivity contribution in [1.82, 2.24) is 10.2 Å². The van der Waals surface area contributed by atoms with Crippen molar-refractivity contribution in [2.24, 2.45) is 0 Å². The molecule has 108 valence electrons. The van der Waals surface area contributed by atoms with Crippen molar-refractivity contribution in [2.75, 3.05) is 20.1 Å². The first-order valence-corrected chi connectivity index (χ1v) is 6.67. The Morgan fingerprint density at radius 3 is 2.68 bits per heavy atom. The Morgan fingerprint density at radius 1 is 1.42 bits per heavy atom. The Kier molecular flexibility index (Phi) is 5.91. The topological polar surface area (TPSA) is 35.5 Å². The average molecular weight is 268 g/mol. The van der Waals surface area contributed by atoms with Crippen LogP contribution in [0, 0.1) is 5.82 Å². The second-order valence-electron chi connectivity index (χ2n) is 5.83. The minimum Gasteiger partial charge on any atom is -0.388 e. The van der Waals surface area contributed by atoms with Crippen LogP contribution in [0.2, 0.25) is 0 Å². The molecule has 0 aromatic heterocycles. The van der Waals surface area contributed by atoms with Crippen molar-refractivity contribution in [1.29, 1.82) is 0 Å². The zero-order valence-corrected chi connectivity index (χ0v) is 12.3. The summed E-state index contributed by atoms with van der Waals surface area (Å²) in [5.74, 6) is -0.223. The van der Waals surface area contributed by atoms with Crippen LogP contribution in [0.25, 0.3) is 0 Å². The largest absolute Gasteiger partial charge is 0.388 e. The lowest BCUT2D eigenvalue weighted by atomic mass is 10.1. The minimum absolute atomic E-state index is 0.223. The molecule has 0 aliphatic carbocycles. The summed E-state index contributed by atoms with van der Waals surface area (Å²) in [4.78, 5) is 2.00. The van der Waals surface area contributed by atoms with E-state index in [-0.39, 0.29) is 5.82 Å². The maximum Gasteiger partial charge on any atom is 0.123 e. The van der Waals surface area contributed by atoms with Crippen molar-refractivity contribution >= 4 is 0 Å². The molecule has 0 spiro atoms. The third-order valence-electron chi connectivity index (χ3n) is 2.84. The second kappa shape index (κ2) is 6.98. The van der Waals surface area contributed by atoms with Crippen LogP contribution in [0.4, 0.5) is 4.39 Å². The summed E-state index contributed by atoms with van der Waals surface area (Å²) in [5.41, 5.74) is 0.113. The molecule has 0 saturated carbocycles. The zero-order chi connectivity index (χ0) is 14.5. The molecule has 0 amide bonds. The highest BCUT2D eigenvalue weighted by atomic mass is 19.1. The first-order chi connectivity index (χ1) is 8.78. The van der Waals surface area contributed by atoms with E-state index >= 15 is 0 Å². The standard InChI is InChI=1S/C15H25FN2O/c1-12(2)17-10-15(3,19)11-18(4)9-13-6-5-7-14(16)8-13/h5-8,12,17,19H,9-11H2,1-4H3. The van der Waals surface area contributed by atoms with E-state index in [0.717, 1.165) is 5.56 Å². The molecule has 1 unspecified atom stereocenters. The molecule has 0 heterocycles. The zero-order valence-electron chi connectivity index (χ0n) is 12.3. The third-order valence-corrected chi connectivity index (χ3v) is 2.84. The number of halogens is 1. The maximum atomic E-state index is 13.1. The Morgan fingerprint density at radius 2 is 2.11 bits per heavy atom. The first-order valence-electron chi connectivity index (χ1n) is 6.67. The molecule has 1 aromatic carbocycles. The number of aliphatic hydroxyl groups is 1. The summed E-state index contributed by atoms with van der Waals surface area (Å²) in [6.45, 7) is 7.60. The van der Waals surface area contributed by atoms with Gasteiger partial charge in [0.05, 0.1) is 5.60 Å². The fraction of sp³-hybridized carbons (Fsp3) is 0.600. The van der Waals surface area contributed by atoms with Gasteiger partial charge in [-0.15, -0.1) is 0 Å². The van der Waals surface area contributed by atoms with Gasteiger partial charge in [-0.3, -0.25) is 4.90 Å². The van der Waals surface area contributed by atoms with Gasteiger partial charge in [0.25, 0.3) is 0 Å². The highest BCUT2D eigenvalue weighted by molar-refractivity contribution is 5.16. The summed E-state index contributed by atoms with van der Waals surface area (Å²) in [5, 5.41) is 13.5. The Bertz CT molecular complexity index is 393. The van der Waals surface area contributed by atoms with E-state index in [9.17, 15) is 9.50 Å². The molecule has 19 heavy (non-hydrogen) atoms. The van der Waals surface area contributed by atoms with Gasteiger partial charge in [0.15, 0.2) is 0 Å². The number of likely N-dealkylation sites (N-methyl/N-ethyl adjacent to an activating group) is 1. The van der Waals surface area contributed by atoms with Crippen LogP contribution in [0.3, 0.4) is 0 Å². The maximum absolute atomic E-state index is 13.1. The molecular formula is C15H25FN2O. The van der Waals surface area contributed by atoms with Gasteiger partial charge < -0.3 is 10.4 Å². The molecule has 0 fully saturated rings. The molecule has 0 saturated heterocycles. The quantitative estimate of drug-likeness (QED) is 0.794. The van der Waals surface area contributed by atoms with Crippen molar-refractivity contribution in [3.05, 3.63) is 35.6 Å². The van der Waals surface area contributed by atoms with Gasteiger partial charge >= 0.3 is 0 Å². The van der Waals surface area contributed by atoms with Crippen molar-refractivity contribution < 1.29 is 9.50 Å². The molecule has 0 aliphatic rings. The van der Waals surface area contributed by atoms with Crippen LogP contribution in [-0.4, -0.2) is 41.8 Å². The Labute approximate surface area is 115 Å². The number of benzene rings is 1. The first kappa shape index (κ1) is 16.1. The Hall–Kier alpha value is -0.970. The van der Waals surface area contributed by atoms with Crippen molar-refractivity contribution in [3.8, 4) is 0 Å². The number of hydrogen-bond donors (Lipinski definition) is 2. The fourth-order valence-corrected chi connectivity index (χ4v) is 2.06. The molecular weight excluding hydrogens is 243 g/mol. The molecule has 1 atom stereocenters. The molecule has 0 aliphatic heterocycles. The van der Waals surface area contributed by atoms with E-state index < -0.39 is 5.60 Å². The molecule has 1 rings (SSSR count). The monoisotopic (exact) mass is 268 g/mol. The van der Waals surface area contributed by atoms with Crippen LogP contribution in [-0.2, 0) is 6.54 Å². The number of nitrogens with one attached hydrogen (secondary N) is 1. The summed E-state index contributed by atoms with van der Waals surface area (Å²) >= 11 is 0. The van der Waals surface area contributed by atoms with Gasteiger partial charge in [-0.2, -0.15) is 0 Å². The van der Waals surface area contributed by atoms with Gasteiger partial charge in [-0.1, -0.05) is 26.0 Å². The van der Waals surface area contributed by atoms with Crippen molar-refractivity contribution in [2.45, 2.75) is 39.0 Å². The van der Waals surface area contributed by atoms with Crippen LogP contribution < -0.4 is 5.32 Å². The van der Waals surface area contributed by atoms with Gasteiger partial charge in [-0.25, -0.2) is 4.39 Å². The smallest absolute Gasteiger partial charge is 0.123 e. The predicted octanol–water partition coefficient (Wildman–Crippen LogP) is 2.01. The molecule has 0 bridgehead atoms. The lowest BCUT2D eigenvalue weighted by Gasteiger charge is -2.30. The normalized spacial score (nSPS) is 14.9. The minimum atomic E-state index is -0.799. The molecule has 2 N–H and O–H groups in total. The SMILES string of the molecule is CC(C)NCC(C)(O)CN(C)Cc1cccc(F)c1. The van der Waals surface area contributed by atoms with Crippen molar-refractivity contribution in [3.63, 3.8) is 0 Å². The van der Waals surface area contributed by atoms with E-state index in [1.165, 1.54) is 12.1 Å². The molecule has 0 radical (unpaired) electrons. The number of hydrogen-bond acceptors (Lipinski definition) is 3. The van der Waals surface area contributed by atoms with Crippen LogP contribution >= 0.6 is 0 Å². The highest BCUT2D eigenvalue weighted by Gasteiger charge is 2.22. The van der Waals surface area contributed by atoms with Crippen LogP contribution in [0.5, 0.6) is 0 Å². The van der Waals surface area contributed by atoms with E-state index in [1.807, 2.05) is 38.8 Å². The predicted molar refractivity (Wildman–Crippen MR) is 76.5 cm³/mol. The van der Waals surface area contributed by atoms with E-state index in [0.29, 0.717) is 25.7 Å². The van der Waals surface area contributed by atoms with Gasteiger partial charge in [0.1, 0.15) is 5.82 Å². The summed E-state index contributed by atoms with van der Waals surface area (Å²) < 4.78 is 13.1. The van der Waals surface area contributed by atoms with E-state index in [1.54, 1.807) is 6.07 Å². The highest BCUT2D eigenvalue weighted by Crippen LogP contribution is 2.10. The second-order valence-corrected chi connectivity index (χ2v) is 5.83. The van der Waals surface area contributed by atoms with Gasteiger partial charge in [-0.05, 0) is 31.7 Å². The number of rotatable bonds is 7. The lowest BCUT2D eigenvalue weighted by molar-refractivity contribution is 0.0239. The Balaban J connectivity index is 2.47. The molecule has 4 heteroatoms.